The number of amides is 1. The van der Waals surface area contributed by atoms with Crippen molar-refractivity contribution in [1.82, 2.24) is 18.8 Å². The number of hydrogen-bond donors (Lipinski definition) is 1. The SMILES string of the molecule is COc1ccc(-c2csc(NC(=O)[C@H]3CCCCN3S(=O)(=O)c3cn(C)cn3)n2)cc1. The van der Waals surface area contributed by atoms with Gasteiger partial charge in [-0.1, -0.05) is 6.42 Å². The molecule has 4 rings (SSSR count). The minimum atomic E-state index is -3.86. The molecule has 0 radical (unpaired) electrons. The van der Waals surface area contributed by atoms with Crippen LogP contribution in [0.4, 0.5) is 5.13 Å². The van der Waals surface area contributed by atoms with Gasteiger partial charge in [-0.15, -0.1) is 11.3 Å². The number of benzene rings is 1. The number of carbonyl (C=O) groups is 1. The molecule has 1 saturated heterocycles. The van der Waals surface area contributed by atoms with Crippen LogP contribution in [0, 0.1) is 0 Å². The molecule has 2 aromatic heterocycles. The number of nitrogens with zero attached hydrogens (tertiary/aromatic N) is 4. The Morgan fingerprint density at radius 1 is 1.26 bits per heavy atom. The van der Waals surface area contributed by atoms with Crippen molar-refractivity contribution in [3.8, 4) is 17.0 Å². The lowest BCUT2D eigenvalue weighted by atomic mass is 10.0. The lowest BCUT2D eigenvalue weighted by molar-refractivity contribution is -0.120. The highest BCUT2D eigenvalue weighted by atomic mass is 32.2. The lowest BCUT2D eigenvalue weighted by Gasteiger charge is -2.32. The Morgan fingerprint density at radius 3 is 2.71 bits per heavy atom. The first-order valence-corrected chi connectivity index (χ1v) is 12.1. The number of aromatic nitrogens is 3. The van der Waals surface area contributed by atoms with E-state index in [-0.39, 0.29) is 17.5 Å². The maximum Gasteiger partial charge on any atom is 0.262 e. The molecule has 9 nitrogen and oxygen atoms in total. The molecule has 0 bridgehead atoms. The summed E-state index contributed by atoms with van der Waals surface area (Å²) in [5.74, 6) is 0.369. The smallest absolute Gasteiger partial charge is 0.262 e. The lowest BCUT2D eigenvalue weighted by Crippen LogP contribution is -2.49. The summed E-state index contributed by atoms with van der Waals surface area (Å²) in [5, 5.41) is 5.02. The number of hydrogen-bond acceptors (Lipinski definition) is 7. The second-order valence-corrected chi connectivity index (χ2v) is 9.96. The number of thiazole rings is 1. The molecule has 1 aromatic carbocycles. The Labute approximate surface area is 184 Å². The number of rotatable bonds is 6. The van der Waals surface area contributed by atoms with E-state index in [2.05, 4.69) is 15.3 Å². The summed E-state index contributed by atoms with van der Waals surface area (Å²) in [5.41, 5.74) is 1.62. The summed E-state index contributed by atoms with van der Waals surface area (Å²) < 4.78 is 34.1. The summed E-state index contributed by atoms with van der Waals surface area (Å²) in [6.45, 7) is 0.284. The van der Waals surface area contributed by atoms with Crippen LogP contribution in [-0.2, 0) is 21.9 Å². The normalized spacial score (nSPS) is 17.4. The number of ether oxygens (including phenoxy) is 1. The molecule has 1 atom stereocenters. The van der Waals surface area contributed by atoms with E-state index >= 15 is 0 Å². The number of anilines is 1. The number of carbonyl (C=O) groups excluding carboxylic acids is 1. The Morgan fingerprint density at radius 2 is 2.03 bits per heavy atom. The zero-order chi connectivity index (χ0) is 22.0. The number of sulfonamides is 1. The molecule has 1 aliphatic heterocycles. The van der Waals surface area contributed by atoms with Gasteiger partial charge in [0.2, 0.25) is 5.91 Å². The van der Waals surface area contributed by atoms with Crippen molar-refractivity contribution in [3.05, 3.63) is 42.2 Å². The van der Waals surface area contributed by atoms with E-state index in [0.29, 0.717) is 18.0 Å². The molecule has 0 unspecified atom stereocenters. The van der Waals surface area contributed by atoms with E-state index in [1.54, 1.807) is 18.7 Å². The molecular weight excluding hydrogens is 438 g/mol. The molecule has 1 amide bonds. The monoisotopic (exact) mass is 461 g/mol. The first-order valence-electron chi connectivity index (χ1n) is 9.79. The summed E-state index contributed by atoms with van der Waals surface area (Å²) >= 11 is 1.30. The van der Waals surface area contributed by atoms with Crippen molar-refractivity contribution in [1.29, 1.82) is 0 Å². The van der Waals surface area contributed by atoms with E-state index in [1.807, 2.05) is 29.6 Å². The molecular formula is C20H23N5O4S2. The maximum atomic E-state index is 13.1. The van der Waals surface area contributed by atoms with Gasteiger partial charge in [0.15, 0.2) is 10.2 Å². The van der Waals surface area contributed by atoms with Crippen LogP contribution >= 0.6 is 11.3 Å². The first kappa shape index (κ1) is 21.5. The summed E-state index contributed by atoms with van der Waals surface area (Å²) in [4.78, 5) is 21.5. The standard InChI is InChI=1S/C20H23N5O4S2/c1-24-11-18(21-13-24)31(27,28)25-10-4-3-5-17(25)19(26)23-20-22-16(12-30-20)14-6-8-15(29-2)9-7-14/h6-9,11-13,17H,3-5,10H2,1-2H3,(H,22,23,26)/t17-/m1/s1. The number of methoxy groups -OCH3 is 1. The average Bonchev–Trinajstić information content (AvgIpc) is 3.43. The van der Waals surface area contributed by atoms with Gasteiger partial charge in [-0.3, -0.25) is 4.79 Å². The molecule has 11 heteroatoms. The number of aryl methyl sites for hydroxylation is 1. The molecule has 3 aromatic rings. The first-order chi connectivity index (χ1) is 14.9. The highest BCUT2D eigenvalue weighted by Crippen LogP contribution is 2.29. The second-order valence-electron chi connectivity index (χ2n) is 7.26. The van der Waals surface area contributed by atoms with Crippen molar-refractivity contribution in [2.45, 2.75) is 30.3 Å². The zero-order valence-electron chi connectivity index (χ0n) is 17.2. The molecule has 164 valence electrons. The van der Waals surface area contributed by atoms with E-state index in [9.17, 15) is 13.2 Å². The van der Waals surface area contributed by atoms with Crippen molar-refractivity contribution in [3.63, 3.8) is 0 Å². The maximum absolute atomic E-state index is 13.1. The van der Waals surface area contributed by atoms with Gasteiger partial charge in [-0.25, -0.2) is 18.4 Å². The van der Waals surface area contributed by atoms with E-state index in [4.69, 9.17) is 4.74 Å². The van der Waals surface area contributed by atoms with Gasteiger partial charge in [0.05, 0.1) is 19.1 Å². The molecule has 1 fully saturated rings. The molecule has 31 heavy (non-hydrogen) atoms. The third-order valence-electron chi connectivity index (χ3n) is 5.13. The zero-order valence-corrected chi connectivity index (χ0v) is 18.8. The van der Waals surface area contributed by atoms with Gasteiger partial charge in [0.25, 0.3) is 10.0 Å². The van der Waals surface area contributed by atoms with Gasteiger partial charge in [-0.2, -0.15) is 4.31 Å². The molecule has 0 aliphatic carbocycles. The van der Waals surface area contributed by atoms with Crippen molar-refractivity contribution in [2.75, 3.05) is 19.0 Å². The van der Waals surface area contributed by atoms with Gasteiger partial charge in [-0.05, 0) is 37.1 Å². The summed E-state index contributed by atoms with van der Waals surface area (Å²) in [6.07, 6.45) is 4.81. The number of imidazole rings is 1. The van der Waals surface area contributed by atoms with Gasteiger partial charge in [0.1, 0.15) is 11.8 Å². The third-order valence-corrected chi connectivity index (χ3v) is 7.68. The Balaban J connectivity index is 1.51. The molecule has 0 spiro atoms. The summed E-state index contributed by atoms with van der Waals surface area (Å²) in [7, 11) is -0.551. The van der Waals surface area contributed by atoms with Crippen LogP contribution in [0.25, 0.3) is 11.3 Å². The fourth-order valence-electron chi connectivity index (χ4n) is 3.51. The van der Waals surface area contributed by atoms with Crippen LogP contribution < -0.4 is 10.1 Å². The Hall–Kier alpha value is -2.76. The third kappa shape index (κ3) is 4.48. The second kappa shape index (κ2) is 8.77. The predicted molar refractivity (Wildman–Crippen MR) is 117 cm³/mol. The number of nitrogens with one attached hydrogen (secondary N) is 1. The van der Waals surface area contributed by atoms with E-state index < -0.39 is 16.1 Å². The Bertz CT molecular complexity index is 1170. The van der Waals surface area contributed by atoms with E-state index in [1.165, 1.54) is 28.2 Å². The van der Waals surface area contributed by atoms with Crippen LogP contribution in [0.3, 0.4) is 0 Å². The molecule has 1 N–H and O–H groups in total. The largest absolute Gasteiger partial charge is 0.497 e. The van der Waals surface area contributed by atoms with E-state index in [0.717, 1.165) is 23.4 Å². The van der Waals surface area contributed by atoms with Gasteiger partial charge >= 0.3 is 0 Å². The number of piperidine rings is 1. The highest BCUT2D eigenvalue weighted by molar-refractivity contribution is 7.89. The van der Waals surface area contributed by atoms with Crippen LogP contribution in [0.2, 0.25) is 0 Å². The Kier molecular flexibility index (Phi) is 6.08. The van der Waals surface area contributed by atoms with Crippen molar-refractivity contribution < 1.29 is 17.9 Å². The van der Waals surface area contributed by atoms with Crippen molar-refractivity contribution >= 4 is 32.4 Å². The van der Waals surface area contributed by atoms with Gasteiger partial charge in [0, 0.05) is 30.7 Å². The highest BCUT2D eigenvalue weighted by Gasteiger charge is 2.39. The molecule has 0 saturated carbocycles. The topological polar surface area (TPSA) is 106 Å². The van der Waals surface area contributed by atoms with Crippen LogP contribution in [0.1, 0.15) is 19.3 Å². The van der Waals surface area contributed by atoms with Gasteiger partial charge < -0.3 is 14.6 Å². The van der Waals surface area contributed by atoms with Crippen LogP contribution in [-0.4, -0.2) is 52.9 Å². The summed E-state index contributed by atoms with van der Waals surface area (Å²) in [6, 6.07) is 6.67. The van der Waals surface area contributed by atoms with Crippen LogP contribution in [0.15, 0.2) is 47.2 Å². The average molecular weight is 462 g/mol. The predicted octanol–water partition coefficient (Wildman–Crippen LogP) is 2.73. The molecule has 3 heterocycles. The van der Waals surface area contributed by atoms with Crippen molar-refractivity contribution in [2.24, 2.45) is 7.05 Å². The quantitative estimate of drug-likeness (QED) is 0.605. The fourth-order valence-corrected chi connectivity index (χ4v) is 5.86. The molecule has 1 aliphatic rings. The van der Waals surface area contributed by atoms with Crippen LogP contribution in [0.5, 0.6) is 5.75 Å². The fraction of sp³-hybridized carbons (Fsp3) is 0.350. The minimum absolute atomic E-state index is 0.0502. The minimum Gasteiger partial charge on any atom is -0.497 e.